The number of hydrogen-bond acceptors (Lipinski definition) is 12. The third-order valence-electron chi connectivity index (χ3n) is 4.62. The van der Waals surface area contributed by atoms with Gasteiger partial charge in [-0.15, -0.1) is 0 Å². The Bertz CT molecular complexity index is 1230. The number of carbonyl (C=O) groups is 1. The van der Waals surface area contributed by atoms with Crippen LogP contribution in [0, 0.1) is 0 Å². The van der Waals surface area contributed by atoms with E-state index in [1.165, 1.54) is 31.2 Å². The first-order valence-electron chi connectivity index (χ1n) is 9.83. The monoisotopic (exact) mass is 478 g/mol. The van der Waals surface area contributed by atoms with Crippen LogP contribution in [0.3, 0.4) is 0 Å². The lowest BCUT2D eigenvalue weighted by Gasteiger charge is -2.27. The maximum Gasteiger partial charge on any atom is 0.319 e. The van der Waals surface area contributed by atoms with Gasteiger partial charge >= 0.3 is 12.4 Å². The summed E-state index contributed by atoms with van der Waals surface area (Å²) in [7, 11) is 0. The number of benzene rings is 2. The number of ether oxygens (including phenoxy) is 3. The van der Waals surface area contributed by atoms with Gasteiger partial charge in [0.15, 0.2) is 16.9 Å². The van der Waals surface area contributed by atoms with E-state index in [2.05, 4.69) is 4.74 Å². The predicted octanol–water partition coefficient (Wildman–Crippen LogP) is 0.879. The minimum Gasteiger partial charge on any atom is -0.508 e. The molecule has 12 heteroatoms. The molecule has 1 heterocycles. The Balaban J connectivity index is 2.05. The largest absolute Gasteiger partial charge is 0.508 e. The SMILES string of the molecule is CC(=O)OC(O)OC(Oc1cc2oc(-c3ccc(O)cc3)cc(=O)c2c(O)c1O)C(O)C(C)O. The Hall–Kier alpha value is -3.84. The molecular formula is C22H22O12. The second kappa shape index (κ2) is 9.97. The van der Waals surface area contributed by atoms with Crippen molar-refractivity contribution in [2.45, 2.75) is 38.8 Å². The summed E-state index contributed by atoms with van der Waals surface area (Å²) in [5, 5.41) is 59.4. The Kier molecular flexibility index (Phi) is 7.27. The molecule has 0 aliphatic rings. The van der Waals surface area contributed by atoms with Crippen LogP contribution in [-0.4, -0.2) is 61.6 Å². The van der Waals surface area contributed by atoms with Crippen molar-refractivity contribution in [2.75, 3.05) is 0 Å². The zero-order valence-electron chi connectivity index (χ0n) is 17.9. The molecule has 6 N–H and O–H groups in total. The van der Waals surface area contributed by atoms with Crippen molar-refractivity contribution < 1.29 is 54.1 Å². The van der Waals surface area contributed by atoms with Crippen molar-refractivity contribution in [3.05, 3.63) is 46.6 Å². The Morgan fingerprint density at radius 1 is 1.00 bits per heavy atom. The van der Waals surface area contributed by atoms with E-state index in [9.17, 15) is 40.2 Å². The van der Waals surface area contributed by atoms with E-state index in [4.69, 9.17) is 13.9 Å². The smallest absolute Gasteiger partial charge is 0.319 e. The van der Waals surface area contributed by atoms with Crippen LogP contribution in [0.5, 0.6) is 23.0 Å². The number of aliphatic hydroxyl groups excluding tert-OH is 3. The highest BCUT2D eigenvalue weighted by Gasteiger charge is 2.31. The molecule has 0 radical (unpaired) electrons. The van der Waals surface area contributed by atoms with Crippen LogP contribution in [0.25, 0.3) is 22.3 Å². The van der Waals surface area contributed by atoms with E-state index >= 15 is 0 Å². The van der Waals surface area contributed by atoms with Gasteiger partial charge in [-0.2, -0.15) is 0 Å². The Labute approximate surface area is 191 Å². The molecule has 1 aromatic heterocycles. The fraction of sp³-hybridized carbons (Fsp3) is 0.273. The average molecular weight is 478 g/mol. The van der Waals surface area contributed by atoms with Crippen molar-refractivity contribution >= 4 is 16.9 Å². The van der Waals surface area contributed by atoms with E-state index in [-0.39, 0.29) is 22.5 Å². The van der Waals surface area contributed by atoms with Crippen LogP contribution >= 0.6 is 0 Å². The number of rotatable bonds is 8. The van der Waals surface area contributed by atoms with Gasteiger partial charge < -0.3 is 44.5 Å². The zero-order chi connectivity index (χ0) is 25.2. The summed E-state index contributed by atoms with van der Waals surface area (Å²) >= 11 is 0. The highest BCUT2D eigenvalue weighted by atomic mass is 16.9. The van der Waals surface area contributed by atoms with Crippen molar-refractivity contribution in [3.8, 4) is 34.3 Å². The number of phenols is 3. The Morgan fingerprint density at radius 3 is 2.24 bits per heavy atom. The first kappa shape index (κ1) is 24.8. The van der Waals surface area contributed by atoms with Gasteiger partial charge in [-0.25, -0.2) is 0 Å². The molecule has 4 atom stereocenters. The number of hydrogen-bond donors (Lipinski definition) is 6. The highest BCUT2D eigenvalue weighted by Crippen LogP contribution is 2.42. The van der Waals surface area contributed by atoms with Crippen LogP contribution < -0.4 is 10.2 Å². The molecular weight excluding hydrogens is 456 g/mol. The molecule has 4 unspecified atom stereocenters. The fourth-order valence-corrected chi connectivity index (χ4v) is 2.94. The summed E-state index contributed by atoms with van der Waals surface area (Å²) in [6.07, 6.45) is -5.20. The van der Waals surface area contributed by atoms with Crippen LogP contribution in [0.2, 0.25) is 0 Å². The van der Waals surface area contributed by atoms with E-state index < -0.39 is 53.6 Å². The molecule has 3 aromatic rings. The molecule has 0 aliphatic heterocycles. The Morgan fingerprint density at radius 2 is 1.65 bits per heavy atom. The molecule has 0 fully saturated rings. The first-order chi connectivity index (χ1) is 16.0. The lowest BCUT2D eigenvalue weighted by molar-refractivity contribution is -0.316. The van der Waals surface area contributed by atoms with Crippen LogP contribution in [0.1, 0.15) is 13.8 Å². The van der Waals surface area contributed by atoms with Crippen LogP contribution in [-0.2, 0) is 14.3 Å². The summed E-state index contributed by atoms with van der Waals surface area (Å²) < 4.78 is 20.3. The van der Waals surface area contributed by atoms with Gasteiger partial charge in [-0.3, -0.25) is 14.3 Å². The van der Waals surface area contributed by atoms with Crippen molar-refractivity contribution in [1.82, 2.24) is 0 Å². The predicted molar refractivity (Wildman–Crippen MR) is 114 cm³/mol. The van der Waals surface area contributed by atoms with Crippen molar-refractivity contribution in [2.24, 2.45) is 0 Å². The second-order valence-electron chi connectivity index (χ2n) is 7.24. The minimum atomic E-state index is -2.20. The first-order valence-corrected chi connectivity index (χ1v) is 9.83. The third-order valence-corrected chi connectivity index (χ3v) is 4.62. The topological polar surface area (TPSA) is 196 Å². The van der Waals surface area contributed by atoms with E-state index in [1.54, 1.807) is 0 Å². The van der Waals surface area contributed by atoms with E-state index in [0.717, 1.165) is 19.1 Å². The number of esters is 1. The number of phenolic OH excluding ortho intramolecular Hbond substituents is 3. The van der Waals surface area contributed by atoms with Crippen LogP contribution in [0.4, 0.5) is 0 Å². The number of aliphatic hydroxyl groups is 3. The van der Waals surface area contributed by atoms with Gasteiger partial charge in [0.25, 0.3) is 0 Å². The number of carbonyl (C=O) groups excluding carboxylic acids is 1. The zero-order valence-corrected chi connectivity index (χ0v) is 17.9. The van der Waals surface area contributed by atoms with Gasteiger partial charge in [0.2, 0.25) is 12.0 Å². The molecule has 0 amide bonds. The minimum absolute atomic E-state index is 0.0104. The number of aromatic hydroxyl groups is 3. The standard InChI is InChI=1S/C22H22O12/c1-9(23)18(27)21(34-22(30)31-10(2)24)33-16-8-15-17(20(29)19(16)28)13(26)7-14(32-15)11-3-5-12(25)6-4-11/h3-9,18,21-23,25,27-30H,1-2H3. The van der Waals surface area contributed by atoms with Crippen LogP contribution in [0.15, 0.2) is 45.6 Å². The van der Waals surface area contributed by atoms with Gasteiger partial charge in [0.05, 0.1) is 6.10 Å². The van der Waals surface area contributed by atoms with Gasteiger partial charge in [-0.05, 0) is 31.2 Å². The summed E-state index contributed by atoms with van der Waals surface area (Å²) in [6.45, 7) is -0.0521. The van der Waals surface area contributed by atoms with E-state index in [1.807, 2.05) is 0 Å². The van der Waals surface area contributed by atoms with Crippen molar-refractivity contribution in [1.29, 1.82) is 0 Å². The van der Waals surface area contributed by atoms with E-state index in [0.29, 0.717) is 5.56 Å². The maximum absolute atomic E-state index is 12.6. The van der Waals surface area contributed by atoms with Crippen molar-refractivity contribution in [3.63, 3.8) is 0 Å². The third kappa shape index (κ3) is 5.38. The number of fused-ring (bicyclic) bond motifs is 1. The molecule has 34 heavy (non-hydrogen) atoms. The molecule has 0 bridgehead atoms. The summed E-state index contributed by atoms with van der Waals surface area (Å²) in [5.74, 6) is -3.25. The second-order valence-corrected chi connectivity index (χ2v) is 7.24. The molecule has 3 rings (SSSR count). The summed E-state index contributed by atoms with van der Waals surface area (Å²) in [6, 6.07) is 7.80. The van der Waals surface area contributed by atoms with Gasteiger partial charge in [-0.1, -0.05) is 0 Å². The highest BCUT2D eigenvalue weighted by molar-refractivity contribution is 5.89. The molecule has 182 valence electrons. The molecule has 12 nitrogen and oxygen atoms in total. The lowest BCUT2D eigenvalue weighted by Crippen LogP contribution is -2.44. The normalized spacial score (nSPS) is 14.9. The molecule has 0 saturated carbocycles. The summed E-state index contributed by atoms with van der Waals surface area (Å²) in [4.78, 5) is 23.6. The summed E-state index contributed by atoms with van der Waals surface area (Å²) in [5.41, 5.74) is -0.514. The maximum atomic E-state index is 12.6. The lowest BCUT2D eigenvalue weighted by atomic mass is 10.1. The molecule has 2 aromatic carbocycles. The molecule has 0 aliphatic carbocycles. The fourth-order valence-electron chi connectivity index (χ4n) is 2.94. The average Bonchev–Trinajstić information content (AvgIpc) is 2.75. The van der Waals surface area contributed by atoms with Gasteiger partial charge in [0.1, 0.15) is 28.6 Å². The molecule has 0 saturated heterocycles. The quantitative estimate of drug-likeness (QED) is 0.152. The molecule has 0 spiro atoms. The van der Waals surface area contributed by atoms with Gasteiger partial charge in [0, 0.05) is 24.6 Å².